The number of aromatic nitrogens is 2. The maximum Gasteiger partial charge on any atom is 0.265 e. The standard InChI is InChI=1S/C15H20N2O4/c1-4-15(5-2,20-6-3)14-16-13(21-17-14)12-10(18)8-7-9-11(12)19/h7-9,18-19H,4-6H2,1-3H3. The molecule has 1 heterocycles. The van der Waals surface area contributed by atoms with Gasteiger partial charge in [0.2, 0.25) is 5.82 Å². The van der Waals surface area contributed by atoms with Gasteiger partial charge in [0.05, 0.1) is 0 Å². The molecule has 2 aromatic rings. The summed E-state index contributed by atoms with van der Waals surface area (Å²) in [4.78, 5) is 4.31. The molecule has 0 aliphatic rings. The SMILES string of the molecule is CCOC(CC)(CC)c1noc(-c2c(O)cccc2O)n1. The topological polar surface area (TPSA) is 88.6 Å². The summed E-state index contributed by atoms with van der Waals surface area (Å²) < 4.78 is 11.0. The molecule has 21 heavy (non-hydrogen) atoms. The minimum Gasteiger partial charge on any atom is -0.507 e. The molecule has 0 aliphatic heterocycles. The van der Waals surface area contributed by atoms with E-state index in [-0.39, 0.29) is 23.0 Å². The van der Waals surface area contributed by atoms with Crippen molar-refractivity contribution in [2.45, 2.75) is 39.2 Å². The Morgan fingerprint density at radius 1 is 1.14 bits per heavy atom. The Hall–Kier alpha value is -2.08. The van der Waals surface area contributed by atoms with E-state index in [1.54, 1.807) is 0 Å². The van der Waals surface area contributed by atoms with Crippen LogP contribution in [0.15, 0.2) is 22.7 Å². The fraction of sp³-hybridized carbons (Fsp3) is 0.467. The zero-order valence-electron chi connectivity index (χ0n) is 12.5. The van der Waals surface area contributed by atoms with Crippen LogP contribution in [0.25, 0.3) is 11.5 Å². The van der Waals surface area contributed by atoms with Crippen molar-refractivity contribution in [1.29, 1.82) is 0 Å². The molecule has 0 atom stereocenters. The van der Waals surface area contributed by atoms with E-state index in [1.807, 2.05) is 20.8 Å². The van der Waals surface area contributed by atoms with E-state index in [9.17, 15) is 10.2 Å². The number of phenolic OH excluding ortho intramolecular Hbond substituents is 2. The van der Waals surface area contributed by atoms with E-state index in [0.29, 0.717) is 25.3 Å². The van der Waals surface area contributed by atoms with Crippen molar-refractivity contribution >= 4 is 0 Å². The first-order valence-corrected chi connectivity index (χ1v) is 7.07. The van der Waals surface area contributed by atoms with Gasteiger partial charge in [-0.1, -0.05) is 25.1 Å². The monoisotopic (exact) mass is 292 g/mol. The molecule has 0 amide bonds. The highest BCUT2D eigenvalue weighted by Gasteiger charge is 2.35. The van der Waals surface area contributed by atoms with Crippen molar-refractivity contribution in [3.05, 3.63) is 24.0 Å². The summed E-state index contributed by atoms with van der Waals surface area (Å²) in [6.45, 7) is 6.43. The van der Waals surface area contributed by atoms with E-state index < -0.39 is 5.60 Å². The van der Waals surface area contributed by atoms with Crippen LogP contribution >= 0.6 is 0 Å². The lowest BCUT2D eigenvalue weighted by molar-refractivity contribution is -0.0583. The minimum atomic E-state index is -0.615. The van der Waals surface area contributed by atoms with Gasteiger partial charge >= 0.3 is 0 Å². The van der Waals surface area contributed by atoms with Gasteiger partial charge in [0.15, 0.2) is 0 Å². The molecule has 0 fully saturated rings. The predicted octanol–water partition coefficient (Wildman–Crippen LogP) is 3.20. The maximum absolute atomic E-state index is 9.86. The lowest BCUT2D eigenvalue weighted by Crippen LogP contribution is -2.29. The Morgan fingerprint density at radius 2 is 1.76 bits per heavy atom. The molecule has 6 heteroatoms. The average molecular weight is 292 g/mol. The second-order valence-corrected chi connectivity index (χ2v) is 4.73. The Bertz CT molecular complexity index is 585. The number of phenols is 2. The van der Waals surface area contributed by atoms with Crippen molar-refractivity contribution < 1.29 is 19.5 Å². The molecule has 0 saturated carbocycles. The largest absolute Gasteiger partial charge is 0.507 e. The smallest absolute Gasteiger partial charge is 0.265 e. The van der Waals surface area contributed by atoms with Crippen molar-refractivity contribution in [3.63, 3.8) is 0 Å². The second-order valence-electron chi connectivity index (χ2n) is 4.73. The fourth-order valence-corrected chi connectivity index (χ4v) is 2.37. The number of ether oxygens (including phenoxy) is 1. The fourth-order valence-electron chi connectivity index (χ4n) is 2.37. The van der Waals surface area contributed by atoms with Crippen molar-refractivity contribution in [1.82, 2.24) is 10.1 Å². The van der Waals surface area contributed by atoms with Gasteiger partial charge in [-0.05, 0) is 31.9 Å². The quantitative estimate of drug-likeness (QED) is 0.850. The summed E-state index contributed by atoms with van der Waals surface area (Å²) in [6.07, 6.45) is 1.39. The molecule has 2 rings (SSSR count). The third-order valence-corrected chi connectivity index (χ3v) is 3.63. The first kappa shape index (κ1) is 15.3. The third kappa shape index (κ3) is 2.71. The third-order valence-electron chi connectivity index (χ3n) is 3.63. The number of aromatic hydroxyl groups is 2. The molecule has 0 spiro atoms. The number of nitrogens with zero attached hydrogens (tertiary/aromatic N) is 2. The molecular weight excluding hydrogens is 272 g/mol. The van der Waals surface area contributed by atoms with Crippen LogP contribution < -0.4 is 0 Å². The van der Waals surface area contributed by atoms with E-state index >= 15 is 0 Å². The predicted molar refractivity (Wildman–Crippen MR) is 76.9 cm³/mol. The van der Waals surface area contributed by atoms with Gasteiger partial charge in [0, 0.05) is 6.61 Å². The Morgan fingerprint density at radius 3 is 2.29 bits per heavy atom. The molecular formula is C15H20N2O4. The normalized spacial score (nSPS) is 11.8. The molecule has 0 radical (unpaired) electrons. The highest BCUT2D eigenvalue weighted by atomic mass is 16.5. The number of hydrogen-bond donors (Lipinski definition) is 2. The van der Waals surface area contributed by atoms with Crippen molar-refractivity contribution in [3.8, 4) is 23.0 Å². The number of rotatable bonds is 6. The molecule has 6 nitrogen and oxygen atoms in total. The summed E-state index contributed by atoms with van der Waals surface area (Å²) in [5.74, 6) is 0.277. The summed E-state index contributed by atoms with van der Waals surface area (Å²) in [5, 5.41) is 23.7. The molecule has 0 unspecified atom stereocenters. The maximum atomic E-state index is 9.86. The molecule has 0 saturated heterocycles. The Balaban J connectivity index is 2.46. The van der Waals surface area contributed by atoms with Gasteiger partial charge in [0.1, 0.15) is 22.7 Å². The molecule has 114 valence electrons. The van der Waals surface area contributed by atoms with Gasteiger partial charge in [-0.25, -0.2) is 0 Å². The molecule has 0 bridgehead atoms. The van der Waals surface area contributed by atoms with Crippen LogP contribution in [0.5, 0.6) is 11.5 Å². The Labute approximate surface area is 123 Å². The average Bonchev–Trinajstić information content (AvgIpc) is 2.95. The summed E-state index contributed by atoms with van der Waals surface area (Å²) >= 11 is 0. The van der Waals surface area contributed by atoms with Gasteiger partial charge < -0.3 is 19.5 Å². The summed E-state index contributed by atoms with van der Waals surface area (Å²) in [5.41, 5.74) is -0.481. The van der Waals surface area contributed by atoms with Crippen LogP contribution in [0.1, 0.15) is 39.4 Å². The van der Waals surface area contributed by atoms with Gasteiger partial charge in [-0.2, -0.15) is 4.98 Å². The summed E-state index contributed by atoms with van der Waals surface area (Å²) in [6, 6.07) is 4.44. The number of hydrogen-bond acceptors (Lipinski definition) is 6. The lowest BCUT2D eigenvalue weighted by Gasteiger charge is -2.27. The molecule has 1 aromatic carbocycles. The lowest BCUT2D eigenvalue weighted by atomic mass is 9.96. The highest BCUT2D eigenvalue weighted by molar-refractivity contribution is 5.69. The van der Waals surface area contributed by atoms with E-state index in [0.717, 1.165) is 0 Å². The minimum absolute atomic E-state index is 0.0755. The van der Waals surface area contributed by atoms with E-state index in [1.165, 1.54) is 18.2 Å². The first-order valence-electron chi connectivity index (χ1n) is 7.07. The molecule has 1 aromatic heterocycles. The van der Waals surface area contributed by atoms with Crippen LogP contribution in [-0.2, 0) is 10.3 Å². The van der Waals surface area contributed by atoms with Crippen LogP contribution in [0.4, 0.5) is 0 Å². The summed E-state index contributed by atoms with van der Waals surface area (Å²) in [7, 11) is 0. The van der Waals surface area contributed by atoms with Crippen LogP contribution in [-0.4, -0.2) is 27.0 Å². The first-order chi connectivity index (χ1) is 10.1. The zero-order chi connectivity index (χ0) is 15.5. The van der Waals surface area contributed by atoms with Crippen molar-refractivity contribution in [2.24, 2.45) is 0 Å². The van der Waals surface area contributed by atoms with E-state index in [2.05, 4.69) is 10.1 Å². The van der Waals surface area contributed by atoms with Gasteiger partial charge in [-0.15, -0.1) is 0 Å². The Kier molecular flexibility index (Phi) is 4.47. The second kappa shape index (κ2) is 6.13. The van der Waals surface area contributed by atoms with Gasteiger partial charge in [0.25, 0.3) is 5.89 Å². The van der Waals surface area contributed by atoms with Crippen LogP contribution in [0, 0.1) is 0 Å². The molecule has 2 N–H and O–H groups in total. The zero-order valence-corrected chi connectivity index (χ0v) is 12.5. The highest BCUT2D eigenvalue weighted by Crippen LogP contribution is 2.38. The van der Waals surface area contributed by atoms with Crippen LogP contribution in [0.3, 0.4) is 0 Å². The van der Waals surface area contributed by atoms with Crippen LogP contribution in [0.2, 0.25) is 0 Å². The number of benzene rings is 1. The molecule has 0 aliphatic carbocycles. The van der Waals surface area contributed by atoms with Gasteiger partial charge in [-0.3, -0.25) is 0 Å². The van der Waals surface area contributed by atoms with Crippen molar-refractivity contribution in [2.75, 3.05) is 6.61 Å². The van der Waals surface area contributed by atoms with E-state index in [4.69, 9.17) is 9.26 Å².